The molecule has 3 aromatic carbocycles. The van der Waals surface area contributed by atoms with Crippen LogP contribution in [0, 0.1) is 17.0 Å². The number of aromatic nitrogens is 3. The van der Waals surface area contributed by atoms with Crippen LogP contribution in [0.4, 0.5) is 5.69 Å². The summed E-state index contributed by atoms with van der Waals surface area (Å²) in [4.78, 5) is 23.2. The van der Waals surface area contributed by atoms with E-state index in [0.717, 1.165) is 0 Å². The lowest BCUT2D eigenvalue weighted by Gasteiger charge is -2.11. The second-order valence-corrected chi connectivity index (χ2v) is 8.79. The van der Waals surface area contributed by atoms with Crippen molar-refractivity contribution < 1.29 is 9.72 Å². The smallest absolute Gasteiger partial charge is 0.269 e. The minimum absolute atomic E-state index is 0.0106. The number of aryl methyl sites for hydroxylation is 1. The van der Waals surface area contributed by atoms with Crippen molar-refractivity contribution >= 4 is 35.0 Å². The molecule has 10 heteroatoms. The van der Waals surface area contributed by atoms with Gasteiger partial charge >= 0.3 is 0 Å². The molecule has 0 fully saturated rings. The van der Waals surface area contributed by atoms with Gasteiger partial charge in [0.15, 0.2) is 11.0 Å². The maximum atomic E-state index is 12.6. The molecule has 8 nitrogen and oxygen atoms in total. The Morgan fingerprint density at radius 2 is 1.76 bits per heavy atom. The number of nitrogens with zero attached hydrogens (tertiary/aromatic N) is 4. The largest absolute Gasteiger partial charge is 0.345 e. The number of carbonyl (C=O) groups excluding carboxylic acids is 1. The second-order valence-electron chi connectivity index (χ2n) is 7.41. The monoisotopic (exact) mass is 493 g/mol. The highest BCUT2D eigenvalue weighted by atomic mass is 35.5. The minimum Gasteiger partial charge on any atom is -0.345 e. The second kappa shape index (κ2) is 10.5. The number of thioether (sulfide) groups is 1. The number of nitro groups is 1. The van der Waals surface area contributed by atoms with E-state index < -0.39 is 4.92 Å². The standard InChI is InChI=1S/C24H20ClN5O3S/c1-16-4-2-3-5-18(16)15-34-24-28-27-22(14-26-23(31)17-6-8-19(25)9-7-17)29(24)20-10-12-21(13-11-20)30(32)33/h2-13H,14-15H2,1H3,(H,26,31). The average Bonchev–Trinajstić information content (AvgIpc) is 3.25. The molecule has 0 spiro atoms. The average molecular weight is 494 g/mol. The summed E-state index contributed by atoms with van der Waals surface area (Å²) in [6.45, 7) is 2.17. The maximum absolute atomic E-state index is 12.6. The van der Waals surface area contributed by atoms with Gasteiger partial charge in [-0.3, -0.25) is 19.5 Å². The van der Waals surface area contributed by atoms with Crippen LogP contribution in [0.15, 0.2) is 78.0 Å². The Kier molecular flexibility index (Phi) is 7.24. The van der Waals surface area contributed by atoms with E-state index in [2.05, 4.69) is 34.6 Å². The highest BCUT2D eigenvalue weighted by molar-refractivity contribution is 7.98. The zero-order chi connectivity index (χ0) is 24.1. The predicted molar refractivity (Wildman–Crippen MR) is 131 cm³/mol. The molecule has 172 valence electrons. The number of rotatable bonds is 8. The van der Waals surface area contributed by atoms with Crippen LogP contribution in [0.25, 0.3) is 5.69 Å². The molecule has 0 saturated carbocycles. The van der Waals surface area contributed by atoms with Crippen LogP contribution in [-0.2, 0) is 12.3 Å². The normalized spacial score (nSPS) is 10.8. The van der Waals surface area contributed by atoms with Crippen molar-refractivity contribution in [1.82, 2.24) is 20.1 Å². The van der Waals surface area contributed by atoms with Gasteiger partial charge in [0, 0.05) is 34.2 Å². The summed E-state index contributed by atoms with van der Waals surface area (Å²) >= 11 is 7.40. The highest BCUT2D eigenvalue weighted by Crippen LogP contribution is 2.27. The van der Waals surface area contributed by atoms with Crippen LogP contribution in [-0.4, -0.2) is 25.6 Å². The number of nitro benzene ring substituents is 1. The molecule has 0 saturated heterocycles. The van der Waals surface area contributed by atoms with Crippen LogP contribution in [0.2, 0.25) is 5.02 Å². The van der Waals surface area contributed by atoms with Crippen molar-refractivity contribution in [3.8, 4) is 5.69 Å². The van der Waals surface area contributed by atoms with Crippen LogP contribution in [0.3, 0.4) is 0 Å². The van der Waals surface area contributed by atoms with Gasteiger partial charge in [-0.05, 0) is 54.4 Å². The van der Waals surface area contributed by atoms with Crippen molar-refractivity contribution in [1.29, 1.82) is 0 Å². The lowest BCUT2D eigenvalue weighted by molar-refractivity contribution is -0.384. The fourth-order valence-corrected chi connectivity index (χ4v) is 4.44. The van der Waals surface area contributed by atoms with Gasteiger partial charge in [0.2, 0.25) is 0 Å². The number of halogens is 1. The van der Waals surface area contributed by atoms with E-state index in [1.54, 1.807) is 41.0 Å². The molecular weight excluding hydrogens is 474 g/mol. The van der Waals surface area contributed by atoms with E-state index in [1.165, 1.54) is 35.0 Å². The molecule has 4 rings (SSSR count). The van der Waals surface area contributed by atoms with Crippen LogP contribution < -0.4 is 5.32 Å². The Hall–Kier alpha value is -3.69. The molecule has 1 heterocycles. The predicted octanol–water partition coefficient (Wildman–Crippen LogP) is 5.36. The van der Waals surface area contributed by atoms with Crippen LogP contribution >= 0.6 is 23.4 Å². The Balaban J connectivity index is 1.60. The Morgan fingerprint density at radius 3 is 2.44 bits per heavy atom. The molecule has 0 radical (unpaired) electrons. The molecule has 0 atom stereocenters. The van der Waals surface area contributed by atoms with E-state index in [0.29, 0.717) is 33.0 Å². The molecule has 1 aromatic heterocycles. The van der Waals surface area contributed by atoms with E-state index in [-0.39, 0.29) is 18.1 Å². The first kappa shape index (κ1) is 23.5. The number of carbonyl (C=O) groups is 1. The quantitative estimate of drug-likeness (QED) is 0.201. The number of hydrogen-bond acceptors (Lipinski definition) is 6. The summed E-state index contributed by atoms with van der Waals surface area (Å²) in [6, 6.07) is 20.8. The maximum Gasteiger partial charge on any atom is 0.269 e. The molecule has 34 heavy (non-hydrogen) atoms. The fraction of sp³-hybridized carbons (Fsp3) is 0.125. The van der Waals surface area contributed by atoms with Crippen molar-refractivity contribution in [2.75, 3.05) is 0 Å². The third kappa shape index (κ3) is 5.44. The Bertz CT molecular complexity index is 1320. The molecule has 0 aliphatic carbocycles. The molecule has 0 unspecified atom stereocenters. The SMILES string of the molecule is Cc1ccccc1CSc1nnc(CNC(=O)c2ccc(Cl)cc2)n1-c1ccc([N+](=O)[O-])cc1. The van der Waals surface area contributed by atoms with Crippen molar-refractivity contribution in [3.63, 3.8) is 0 Å². The lowest BCUT2D eigenvalue weighted by Crippen LogP contribution is -2.24. The van der Waals surface area contributed by atoms with Gasteiger partial charge in [-0.15, -0.1) is 10.2 Å². The minimum atomic E-state index is -0.447. The first-order valence-corrected chi connectivity index (χ1v) is 11.7. The van der Waals surface area contributed by atoms with Gasteiger partial charge < -0.3 is 5.32 Å². The molecular formula is C24H20ClN5O3S. The van der Waals surface area contributed by atoms with Crippen LogP contribution in [0.1, 0.15) is 27.3 Å². The highest BCUT2D eigenvalue weighted by Gasteiger charge is 2.17. The number of benzene rings is 3. The van der Waals surface area contributed by atoms with Crippen molar-refractivity contribution in [3.05, 3.63) is 110 Å². The molecule has 4 aromatic rings. The first-order chi connectivity index (χ1) is 16.4. The van der Waals surface area contributed by atoms with Gasteiger partial charge in [-0.1, -0.05) is 47.6 Å². The zero-order valence-electron chi connectivity index (χ0n) is 18.1. The summed E-state index contributed by atoms with van der Waals surface area (Å²) in [7, 11) is 0. The summed E-state index contributed by atoms with van der Waals surface area (Å²) < 4.78 is 1.80. The van der Waals surface area contributed by atoms with E-state index in [4.69, 9.17) is 11.6 Å². The van der Waals surface area contributed by atoms with E-state index in [9.17, 15) is 14.9 Å². The number of nitrogens with one attached hydrogen (secondary N) is 1. The van der Waals surface area contributed by atoms with Crippen molar-refractivity contribution in [2.24, 2.45) is 0 Å². The summed E-state index contributed by atoms with van der Waals surface area (Å²) in [5, 5.41) is 23.7. The molecule has 0 bridgehead atoms. The topological polar surface area (TPSA) is 103 Å². The van der Waals surface area contributed by atoms with Crippen molar-refractivity contribution in [2.45, 2.75) is 24.4 Å². The third-order valence-corrected chi connectivity index (χ3v) is 6.38. The third-order valence-electron chi connectivity index (χ3n) is 5.15. The fourth-order valence-electron chi connectivity index (χ4n) is 3.27. The van der Waals surface area contributed by atoms with Gasteiger partial charge in [-0.2, -0.15) is 0 Å². The number of hydrogen-bond donors (Lipinski definition) is 1. The van der Waals surface area contributed by atoms with E-state index >= 15 is 0 Å². The summed E-state index contributed by atoms with van der Waals surface area (Å²) in [5.74, 6) is 0.905. The zero-order valence-corrected chi connectivity index (χ0v) is 19.7. The molecule has 1 amide bonds. The number of amides is 1. The lowest BCUT2D eigenvalue weighted by atomic mass is 10.1. The molecule has 1 N–H and O–H groups in total. The van der Waals surface area contributed by atoms with Gasteiger partial charge in [0.25, 0.3) is 11.6 Å². The number of non-ortho nitro benzene ring substituents is 1. The summed E-state index contributed by atoms with van der Waals surface area (Å²) in [6.07, 6.45) is 0. The molecule has 0 aliphatic rings. The summed E-state index contributed by atoms with van der Waals surface area (Å²) in [5.41, 5.74) is 3.47. The van der Waals surface area contributed by atoms with Crippen LogP contribution in [0.5, 0.6) is 0 Å². The van der Waals surface area contributed by atoms with Gasteiger partial charge in [-0.25, -0.2) is 0 Å². The Labute approximate surface area is 205 Å². The molecule has 0 aliphatic heterocycles. The van der Waals surface area contributed by atoms with Gasteiger partial charge in [0.1, 0.15) is 0 Å². The first-order valence-electron chi connectivity index (χ1n) is 10.3. The van der Waals surface area contributed by atoms with Gasteiger partial charge in [0.05, 0.1) is 11.5 Å². The Morgan fingerprint density at radius 1 is 1.06 bits per heavy atom. The van der Waals surface area contributed by atoms with E-state index in [1.807, 2.05) is 12.1 Å².